The Morgan fingerprint density at radius 3 is 2.61 bits per heavy atom. The number of rotatable bonds is 3. The minimum atomic E-state index is 0.751. The highest BCUT2D eigenvalue weighted by Crippen LogP contribution is 2.22. The van der Waals surface area contributed by atoms with E-state index in [0.717, 1.165) is 49.8 Å². The fraction of sp³-hybridized carbons (Fsp3) is 0.316. The van der Waals surface area contributed by atoms with Gasteiger partial charge in [0.2, 0.25) is 0 Å². The van der Waals surface area contributed by atoms with E-state index in [-0.39, 0.29) is 0 Å². The van der Waals surface area contributed by atoms with Crippen LogP contribution < -0.4 is 4.90 Å². The molecule has 4 rings (SSSR count). The van der Waals surface area contributed by atoms with Crippen LogP contribution in [-0.2, 0) is 6.54 Å². The van der Waals surface area contributed by atoms with E-state index in [9.17, 15) is 0 Å². The molecule has 4 heteroatoms. The highest BCUT2D eigenvalue weighted by molar-refractivity contribution is 5.74. The summed E-state index contributed by atoms with van der Waals surface area (Å²) in [4.78, 5) is 9.33. The van der Waals surface area contributed by atoms with Crippen molar-refractivity contribution in [3.63, 3.8) is 0 Å². The molecule has 0 unspecified atom stereocenters. The zero-order valence-corrected chi connectivity index (χ0v) is 13.4. The highest BCUT2D eigenvalue weighted by atomic mass is 16.4. The van der Waals surface area contributed by atoms with Gasteiger partial charge in [-0.15, -0.1) is 0 Å². The molecular weight excluding hydrogens is 286 g/mol. The van der Waals surface area contributed by atoms with Crippen molar-refractivity contribution < 1.29 is 4.42 Å². The number of piperazine rings is 1. The van der Waals surface area contributed by atoms with E-state index in [2.05, 4.69) is 46.0 Å². The van der Waals surface area contributed by atoms with Gasteiger partial charge in [-0.25, -0.2) is 0 Å². The van der Waals surface area contributed by atoms with E-state index in [1.54, 1.807) is 0 Å². The van der Waals surface area contributed by atoms with E-state index >= 15 is 0 Å². The molecule has 1 aliphatic heterocycles. The molecule has 1 saturated heterocycles. The third-order valence-electron chi connectivity index (χ3n) is 4.41. The Hall–Kier alpha value is -2.33. The first kappa shape index (κ1) is 14.3. The summed E-state index contributed by atoms with van der Waals surface area (Å²) in [6.45, 7) is 7.15. The number of anilines is 1. The minimum absolute atomic E-state index is 0.751. The maximum Gasteiger partial charge on any atom is 0.298 e. The second-order valence-corrected chi connectivity index (χ2v) is 6.22. The van der Waals surface area contributed by atoms with Gasteiger partial charge in [0, 0.05) is 32.7 Å². The van der Waals surface area contributed by atoms with Crippen molar-refractivity contribution in [3.05, 3.63) is 59.7 Å². The molecule has 118 valence electrons. The summed E-state index contributed by atoms with van der Waals surface area (Å²) in [5, 5.41) is 0. The zero-order valence-electron chi connectivity index (χ0n) is 13.4. The molecule has 1 aromatic heterocycles. The van der Waals surface area contributed by atoms with Gasteiger partial charge in [-0.2, -0.15) is 4.98 Å². The highest BCUT2D eigenvalue weighted by Gasteiger charge is 2.21. The number of fused-ring (bicyclic) bond motifs is 1. The molecule has 1 fully saturated rings. The number of benzene rings is 2. The topological polar surface area (TPSA) is 32.5 Å². The van der Waals surface area contributed by atoms with Crippen molar-refractivity contribution in [3.8, 4) is 0 Å². The second kappa shape index (κ2) is 6.05. The van der Waals surface area contributed by atoms with Gasteiger partial charge in [0.05, 0.1) is 0 Å². The van der Waals surface area contributed by atoms with Gasteiger partial charge < -0.3 is 9.32 Å². The Morgan fingerprint density at radius 2 is 1.83 bits per heavy atom. The molecule has 0 atom stereocenters. The Labute approximate surface area is 136 Å². The molecule has 1 aliphatic rings. The molecule has 2 heterocycles. The first-order valence-electron chi connectivity index (χ1n) is 8.16. The van der Waals surface area contributed by atoms with Crippen molar-refractivity contribution in [2.75, 3.05) is 31.1 Å². The lowest BCUT2D eigenvalue weighted by Crippen LogP contribution is -2.46. The molecular formula is C19H21N3O. The predicted molar refractivity (Wildman–Crippen MR) is 92.7 cm³/mol. The molecule has 0 radical (unpaired) electrons. The van der Waals surface area contributed by atoms with Crippen molar-refractivity contribution in [2.45, 2.75) is 13.5 Å². The van der Waals surface area contributed by atoms with Crippen LogP contribution in [0.25, 0.3) is 11.1 Å². The molecule has 2 aromatic carbocycles. The van der Waals surface area contributed by atoms with Crippen molar-refractivity contribution in [1.29, 1.82) is 0 Å². The van der Waals surface area contributed by atoms with E-state index < -0.39 is 0 Å². The van der Waals surface area contributed by atoms with Crippen molar-refractivity contribution >= 4 is 17.1 Å². The van der Waals surface area contributed by atoms with E-state index in [4.69, 9.17) is 4.42 Å². The quantitative estimate of drug-likeness (QED) is 0.742. The van der Waals surface area contributed by atoms with E-state index in [1.807, 2.05) is 24.3 Å². The fourth-order valence-corrected chi connectivity index (χ4v) is 3.16. The van der Waals surface area contributed by atoms with Crippen LogP contribution in [0.5, 0.6) is 0 Å². The molecule has 0 amide bonds. The van der Waals surface area contributed by atoms with Crippen LogP contribution in [0.3, 0.4) is 0 Å². The Bertz CT molecular complexity index is 770. The fourth-order valence-electron chi connectivity index (χ4n) is 3.16. The molecule has 0 bridgehead atoms. The third-order valence-corrected chi connectivity index (χ3v) is 4.41. The van der Waals surface area contributed by atoms with Crippen LogP contribution >= 0.6 is 0 Å². The minimum Gasteiger partial charge on any atom is -0.423 e. The van der Waals surface area contributed by atoms with Gasteiger partial charge in [0.1, 0.15) is 5.52 Å². The maximum absolute atomic E-state index is 5.87. The van der Waals surface area contributed by atoms with Crippen LogP contribution in [0.4, 0.5) is 6.01 Å². The van der Waals surface area contributed by atoms with Crippen LogP contribution in [0.15, 0.2) is 52.9 Å². The second-order valence-electron chi connectivity index (χ2n) is 6.22. The van der Waals surface area contributed by atoms with Crippen molar-refractivity contribution in [2.24, 2.45) is 0 Å². The zero-order chi connectivity index (χ0) is 15.6. The molecule has 0 aliphatic carbocycles. The molecule has 0 N–H and O–H groups in total. The average molecular weight is 307 g/mol. The molecule has 3 aromatic rings. The Kier molecular flexibility index (Phi) is 3.75. The van der Waals surface area contributed by atoms with Crippen LogP contribution in [0.2, 0.25) is 0 Å². The molecule has 0 spiro atoms. The summed E-state index contributed by atoms with van der Waals surface area (Å²) in [6, 6.07) is 17.5. The molecule has 23 heavy (non-hydrogen) atoms. The van der Waals surface area contributed by atoms with Gasteiger partial charge >= 0.3 is 0 Å². The lowest BCUT2D eigenvalue weighted by molar-refractivity contribution is 0.245. The Balaban J connectivity index is 1.40. The number of oxazole rings is 1. The van der Waals surface area contributed by atoms with Gasteiger partial charge in [-0.05, 0) is 24.6 Å². The number of para-hydroxylation sites is 2. The molecule has 4 nitrogen and oxygen atoms in total. The van der Waals surface area contributed by atoms with Gasteiger partial charge in [0.15, 0.2) is 5.58 Å². The number of aryl methyl sites for hydroxylation is 1. The normalized spacial score (nSPS) is 16.1. The number of hydrogen-bond donors (Lipinski definition) is 0. The number of hydrogen-bond acceptors (Lipinski definition) is 4. The first-order chi connectivity index (χ1) is 11.3. The number of aromatic nitrogens is 1. The summed E-state index contributed by atoms with van der Waals surface area (Å²) in [7, 11) is 0. The lowest BCUT2D eigenvalue weighted by atomic mass is 10.1. The lowest BCUT2D eigenvalue weighted by Gasteiger charge is -2.33. The first-order valence-corrected chi connectivity index (χ1v) is 8.16. The van der Waals surface area contributed by atoms with Crippen LogP contribution in [0, 0.1) is 6.92 Å². The molecule has 0 saturated carbocycles. The monoisotopic (exact) mass is 307 g/mol. The predicted octanol–water partition coefficient (Wildman–Crippen LogP) is 3.46. The summed E-state index contributed by atoms with van der Waals surface area (Å²) >= 11 is 0. The SMILES string of the molecule is Cc1cccc(CN2CCN(c3nc4ccccc4o3)CC2)c1. The number of nitrogens with zero attached hydrogens (tertiary/aromatic N) is 3. The van der Waals surface area contributed by atoms with Gasteiger partial charge in [-0.3, -0.25) is 4.90 Å². The van der Waals surface area contributed by atoms with Gasteiger partial charge in [0.25, 0.3) is 6.01 Å². The van der Waals surface area contributed by atoms with E-state index in [1.165, 1.54) is 11.1 Å². The summed E-state index contributed by atoms with van der Waals surface area (Å²) < 4.78 is 5.87. The van der Waals surface area contributed by atoms with Crippen LogP contribution in [-0.4, -0.2) is 36.1 Å². The van der Waals surface area contributed by atoms with E-state index in [0.29, 0.717) is 0 Å². The van der Waals surface area contributed by atoms with Gasteiger partial charge in [-0.1, -0.05) is 42.0 Å². The Morgan fingerprint density at radius 1 is 1.00 bits per heavy atom. The maximum atomic E-state index is 5.87. The average Bonchev–Trinajstić information content (AvgIpc) is 2.99. The summed E-state index contributed by atoms with van der Waals surface area (Å²) in [6.07, 6.45) is 0. The van der Waals surface area contributed by atoms with Crippen molar-refractivity contribution in [1.82, 2.24) is 9.88 Å². The summed E-state index contributed by atoms with van der Waals surface area (Å²) in [5.74, 6) is 0. The third kappa shape index (κ3) is 3.08. The smallest absolute Gasteiger partial charge is 0.298 e. The standard InChI is InChI=1S/C19H21N3O/c1-15-5-4-6-16(13-15)14-21-9-11-22(12-10-21)19-20-17-7-2-3-8-18(17)23-19/h2-8,13H,9-12,14H2,1H3. The largest absolute Gasteiger partial charge is 0.423 e. The summed E-state index contributed by atoms with van der Waals surface area (Å²) in [5.41, 5.74) is 4.52. The van der Waals surface area contributed by atoms with Crippen LogP contribution in [0.1, 0.15) is 11.1 Å².